The number of benzene rings is 1. The molecule has 0 aliphatic carbocycles. The lowest BCUT2D eigenvalue weighted by atomic mass is 10.0. The maximum atomic E-state index is 12.2. The van der Waals surface area contributed by atoms with Gasteiger partial charge in [-0.2, -0.15) is 0 Å². The van der Waals surface area contributed by atoms with Crippen LogP contribution in [0.1, 0.15) is 12.8 Å². The molecule has 1 saturated heterocycles. The summed E-state index contributed by atoms with van der Waals surface area (Å²) in [5.74, 6) is 1.13. The predicted octanol–water partition coefficient (Wildman–Crippen LogP) is 3.10. The van der Waals surface area contributed by atoms with Crippen molar-refractivity contribution in [3.05, 3.63) is 28.2 Å². The monoisotopic (exact) mass is 291 g/mol. The van der Waals surface area contributed by atoms with Crippen molar-refractivity contribution in [3.8, 4) is 0 Å². The molecule has 1 aliphatic rings. The normalized spacial score (nSPS) is 22.4. The number of halogens is 2. The van der Waals surface area contributed by atoms with Crippen LogP contribution in [-0.4, -0.2) is 23.1 Å². The molecule has 2 nitrogen and oxygen atoms in total. The van der Waals surface area contributed by atoms with E-state index in [1.807, 2.05) is 0 Å². The number of piperidine rings is 1. The van der Waals surface area contributed by atoms with Crippen molar-refractivity contribution >= 4 is 34.0 Å². The molecule has 0 aromatic heterocycles. The van der Waals surface area contributed by atoms with Gasteiger partial charge >= 0.3 is 0 Å². The zero-order chi connectivity index (χ0) is 12.3. The zero-order valence-corrected chi connectivity index (χ0v) is 11.7. The van der Waals surface area contributed by atoms with Crippen LogP contribution >= 0.6 is 23.2 Å². The summed E-state index contributed by atoms with van der Waals surface area (Å²) < 4.78 is 12.2. The van der Waals surface area contributed by atoms with E-state index in [4.69, 9.17) is 23.2 Å². The first kappa shape index (κ1) is 13.3. The molecule has 1 N–H and O–H groups in total. The lowest BCUT2D eigenvalue weighted by Gasteiger charge is -2.22. The highest BCUT2D eigenvalue weighted by atomic mass is 35.5. The molecule has 1 aromatic rings. The van der Waals surface area contributed by atoms with Gasteiger partial charge in [-0.3, -0.25) is 4.21 Å². The maximum Gasteiger partial charge on any atom is 0.0589 e. The van der Waals surface area contributed by atoms with E-state index in [0.29, 0.717) is 26.6 Å². The van der Waals surface area contributed by atoms with Crippen molar-refractivity contribution in [1.29, 1.82) is 0 Å². The second-order valence-electron chi connectivity index (χ2n) is 4.30. The van der Waals surface area contributed by atoms with Crippen LogP contribution in [0.2, 0.25) is 10.0 Å². The van der Waals surface area contributed by atoms with Crippen molar-refractivity contribution in [2.45, 2.75) is 17.7 Å². The summed E-state index contributed by atoms with van der Waals surface area (Å²) in [5, 5.41) is 4.45. The molecule has 0 saturated carbocycles. The minimum atomic E-state index is -1.06. The summed E-state index contributed by atoms with van der Waals surface area (Å²) in [7, 11) is -1.06. The molecule has 2 atom stereocenters. The van der Waals surface area contributed by atoms with E-state index in [1.165, 1.54) is 0 Å². The van der Waals surface area contributed by atoms with Crippen molar-refractivity contribution < 1.29 is 4.21 Å². The van der Waals surface area contributed by atoms with Gasteiger partial charge in [0.25, 0.3) is 0 Å². The fourth-order valence-corrected chi connectivity index (χ4v) is 4.07. The highest BCUT2D eigenvalue weighted by Crippen LogP contribution is 2.25. The van der Waals surface area contributed by atoms with E-state index >= 15 is 0 Å². The average molecular weight is 292 g/mol. The summed E-state index contributed by atoms with van der Waals surface area (Å²) in [6.45, 7) is 2.02. The standard InChI is InChI=1S/C12H15Cl2NOS/c13-10-3-4-11(14)12(6-10)17(16)8-9-2-1-5-15-7-9/h3-4,6,9,15H,1-2,5,7-8H2. The van der Waals surface area contributed by atoms with Crippen LogP contribution in [0.4, 0.5) is 0 Å². The Bertz CT molecular complexity index is 419. The molecule has 5 heteroatoms. The Labute approximate surface area is 114 Å². The number of hydrogen-bond acceptors (Lipinski definition) is 2. The van der Waals surface area contributed by atoms with Gasteiger partial charge in [-0.1, -0.05) is 23.2 Å². The van der Waals surface area contributed by atoms with E-state index in [1.54, 1.807) is 18.2 Å². The third kappa shape index (κ3) is 3.68. The Morgan fingerprint density at radius 2 is 2.24 bits per heavy atom. The van der Waals surface area contributed by atoms with Crippen molar-refractivity contribution in [3.63, 3.8) is 0 Å². The molecule has 1 aromatic carbocycles. The molecule has 1 aliphatic heterocycles. The summed E-state index contributed by atoms with van der Waals surface area (Å²) in [6.07, 6.45) is 2.29. The van der Waals surface area contributed by atoms with Crippen molar-refractivity contribution in [2.24, 2.45) is 5.92 Å². The van der Waals surface area contributed by atoms with E-state index in [9.17, 15) is 4.21 Å². The van der Waals surface area contributed by atoms with Gasteiger partial charge in [-0.25, -0.2) is 0 Å². The number of rotatable bonds is 3. The van der Waals surface area contributed by atoms with E-state index in [0.717, 1.165) is 25.9 Å². The first-order valence-corrected chi connectivity index (χ1v) is 7.78. The summed E-state index contributed by atoms with van der Waals surface area (Å²) in [6, 6.07) is 5.12. The van der Waals surface area contributed by atoms with Gasteiger partial charge in [0.15, 0.2) is 0 Å². The molecule has 1 fully saturated rings. The van der Waals surface area contributed by atoms with E-state index in [-0.39, 0.29) is 0 Å². The minimum absolute atomic E-state index is 0.472. The molecule has 0 amide bonds. The smallest absolute Gasteiger partial charge is 0.0589 e. The Kier molecular flexibility index (Phi) is 4.86. The molecule has 0 bridgehead atoms. The fourth-order valence-electron chi connectivity index (χ4n) is 2.02. The van der Waals surface area contributed by atoms with Crippen molar-refractivity contribution in [1.82, 2.24) is 5.32 Å². The molecule has 17 heavy (non-hydrogen) atoms. The number of hydrogen-bond donors (Lipinski definition) is 1. The minimum Gasteiger partial charge on any atom is -0.316 e. The van der Waals surface area contributed by atoms with Gasteiger partial charge < -0.3 is 5.32 Å². The Hall–Kier alpha value is -0.0900. The summed E-state index contributed by atoms with van der Waals surface area (Å²) in [5.41, 5.74) is 0. The molecule has 1 heterocycles. The van der Waals surface area contributed by atoms with Gasteiger partial charge in [0.05, 0.1) is 20.7 Å². The lowest BCUT2D eigenvalue weighted by molar-refractivity contribution is 0.408. The van der Waals surface area contributed by atoms with Gasteiger partial charge in [0, 0.05) is 10.8 Å². The largest absolute Gasteiger partial charge is 0.316 e. The molecular formula is C12H15Cl2NOS. The Morgan fingerprint density at radius 1 is 1.41 bits per heavy atom. The van der Waals surface area contributed by atoms with Crippen LogP contribution in [0.3, 0.4) is 0 Å². The second kappa shape index (κ2) is 6.19. The average Bonchev–Trinajstić information content (AvgIpc) is 2.33. The van der Waals surface area contributed by atoms with Gasteiger partial charge in [-0.05, 0) is 50.0 Å². The highest BCUT2D eigenvalue weighted by molar-refractivity contribution is 7.85. The second-order valence-corrected chi connectivity index (χ2v) is 6.61. The molecule has 0 radical (unpaired) electrons. The van der Waals surface area contributed by atoms with Crippen LogP contribution in [0, 0.1) is 5.92 Å². The SMILES string of the molecule is O=S(CC1CCCNC1)c1cc(Cl)ccc1Cl. The molecule has 2 unspecified atom stereocenters. The van der Waals surface area contributed by atoms with Crippen LogP contribution in [-0.2, 0) is 10.8 Å². The summed E-state index contributed by atoms with van der Waals surface area (Å²) >= 11 is 11.9. The van der Waals surface area contributed by atoms with Gasteiger partial charge in [0.1, 0.15) is 0 Å². The maximum absolute atomic E-state index is 12.2. The lowest BCUT2D eigenvalue weighted by Crippen LogP contribution is -2.32. The topological polar surface area (TPSA) is 29.1 Å². The molecule has 94 valence electrons. The predicted molar refractivity (Wildman–Crippen MR) is 73.3 cm³/mol. The first-order valence-electron chi connectivity index (χ1n) is 5.71. The van der Waals surface area contributed by atoms with Crippen LogP contribution < -0.4 is 5.32 Å². The van der Waals surface area contributed by atoms with Crippen LogP contribution in [0.15, 0.2) is 23.1 Å². The molecule has 2 rings (SSSR count). The third-order valence-corrected chi connectivity index (χ3v) is 5.20. The van der Waals surface area contributed by atoms with Crippen LogP contribution in [0.25, 0.3) is 0 Å². The number of nitrogens with one attached hydrogen (secondary N) is 1. The van der Waals surface area contributed by atoms with Crippen LogP contribution in [0.5, 0.6) is 0 Å². The Morgan fingerprint density at radius 3 is 2.94 bits per heavy atom. The van der Waals surface area contributed by atoms with E-state index < -0.39 is 10.8 Å². The van der Waals surface area contributed by atoms with Crippen molar-refractivity contribution in [2.75, 3.05) is 18.8 Å². The third-order valence-electron chi connectivity index (χ3n) is 2.92. The zero-order valence-electron chi connectivity index (χ0n) is 9.42. The Balaban J connectivity index is 2.05. The quantitative estimate of drug-likeness (QED) is 0.927. The van der Waals surface area contributed by atoms with Gasteiger partial charge in [0.2, 0.25) is 0 Å². The summed E-state index contributed by atoms with van der Waals surface area (Å²) in [4.78, 5) is 0.657. The molecule has 0 spiro atoms. The fraction of sp³-hybridized carbons (Fsp3) is 0.500. The van der Waals surface area contributed by atoms with Gasteiger partial charge in [-0.15, -0.1) is 0 Å². The van der Waals surface area contributed by atoms with E-state index in [2.05, 4.69) is 5.32 Å². The first-order chi connectivity index (χ1) is 8.16. The molecular weight excluding hydrogens is 277 g/mol. The highest BCUT2D eigenvalue weighted by Gasteiger charge is 2.18.